The van der Waals surface area contributed by atoms with Gasteiger partial charge in [0.25, 0.3) is 11.7 Å². The molecule has 1 unspecified atom stereocenters. The van der Waals surface area contributed by atoms with Gasteiger partial charge in [0.05, 0.1) is 18.2 Å². The second-order valence-electron chi connectivity index (χ2n) is 7.70. The van der Waals surface area contributed by atoms with Gasteiger partial charge < -0.3 is 9.84 Å². The third kappa shape index (κ3) is 3.75. The SMILES string of the molecule is CCOc1ccc(/C(O)=C2\C(=O)C(=O)N(c3cc(C)ccc3C)C2c2cccnc2)cc1. The quantitative estimate of drug-likeness (QED) is 0.361. The summed E-state index contributed by atoms with van der Waals surface area (Å²) in [4.78, 5) is 32.1. The van der Waals surface area contributed by atoms with Gasteiger partial charge in [0.15, 0.2) is 0 Å². The third-order valence-electron chi connectivity index (χ3n) is 5.51. The van der Waals surface area contributed by atoms with Crippen molar-refractivity contribution in [3.05, 3.63) is 94.8 Å². The highest BCUT2D eigenvalue weighted by atomic mass is 16.5. The number of aryl methyl sites for hydroxylation is 2. The van der Waals surface area contributed by atoms with Crippen LogP contribution in [0.4, 0.5) is 5.69 Å². The number of ether oxygens (including phenoxy) is 1. The van der Waals surface area contributed by atoms with E-state index in [0.717, 1.165) is 11.1 Å². The van der Waals surface area contributed by atoms with Crippen molar-refractivity contribution in [2.45, 2.75) is 26.8 Å². The molecule has 0 radical (unpaired) electrons. The van der Waals surface area contributed by atoms with Crippen molar-refractivity contribution >= 4 is 23.1 Å². The summed E-state index contributed by atoms with van der Waals surface area (Å²) in [7, 11) is 0. The summed E-state index contributed by atoms with van der Waals surface area (Å²) in [5.74, 6) is -0.983. The molecule has 6 nitrogen and oxygen atoms in total. The molecule has 1 N–H and O–H groups in total. The van der Waals surface area contributed by atoms with E-state index >= 15 is 0 Å². The van der Waals surface area contributed by atoms with Crippen LogP contribution in [-0.2, 0) is 9.59 Å². The Labute approximate surface area is 186 Å². The molecule has 1 fully saturated rings. The highest BCUT2D eigenvalue weighted by molar-refractivity contribution is 6.51. The van der Waals surface area contributed by atoms with E-state index in [1.165, 1.54) is 4.90 Å². The van der Waals surface area contributed by atoms with Crippen molar-refractivity contribution in [2.24, 2.45) is 0 Å². The summed E-state index contributed by atoms with van der Waals surface area (Å²) >= 11 is 0. The lowest BCUT2D eigenvalue weighted by molar-refractivity contribution is -0.132. The van der Waals surface area contributed by atoms with Crippen LogP contribution in [0.5, 0.6) is 5.75 Å². The number of pyridine rings is 1. The number of aromatic nitrogens is 1. The Hall–Kier alpha value is -3.93. The first-order valence-corrected chi connectivity index (χ1v) is 10.4. The number of anilines is 1. The maximum atomic E-state index is 13.2. The van der Waals surface area contributed by atoms with E-state index in [-0.39, 0.29) is 11.3 Å². The molecule has 1 amide bonds. The number of aliphatic hydroxyl groups excluding tert-OH is 1. The maximum absolute atomic E-state index is 13.2. The standard InChI is InChI=1S/C26H24N2O4/c1-4-32-20-11-9-18(10-12-20)24(29)22-23(19-6-5-13-27-15-19)28(26(31)25(22)30)21-14-16(2)7-8-17(21)3/h5-15,23,29H,4H2,1-3H3/b24-22+. The Morgan fingerprint density at radius 1 is 1.09 bits per heavy atom. The fourth-order valence-electron chi connectivity index (χ4n) is 3.94. The minimum absolute atomic E-state index is 0.0352. The summed E-state index contributed by atoms with van der Waals surface area (Å²) < 4.78 is 5.46. The molecule has 0 saturated carbocycles. The van der Waals surface area contributed by atoms with Gasteiger partial charge in [0, 0.05) is 23.6 Å². The van der Waals surface area contributed by atoms with Crippen molar-refractivity contribution in [3.8, 4) is 5.75 Å². The zero-order chi connectivity index (χ0) is 22.8. The highest BCUT2D eigenvalue weighted by Gasteiger charge is 2.47. The van der Waals surface area contributed by atoms with Gasteiger partial charge in [0.2, 0.25) is 0 Å². The van der Waals surface area contributed by atoms with E-state index < -0.39 is 17.7 Å². The topological polar surface area (TPSA) is 79.7 Å². The first-order chi connectivity index (χ1) is 15.4. The van der Waals surface area contributed by atoms with E-state index in [1.54, 1.807) is 48.8 Å². The number of ketones is 1. The van der Waals surface area contributed by atoms with Crippen LogP contribution in [0, 0.1) is 13.8 Å². The number of carbonyl (C=O) groups excluding carboxylic acids is 2. The van der Waals surface area contributed by atoms with Crippen LogP contribution in [0.1, 0.15) is 35.2 Å². The van der Waals surface area contributed by atoms with Gasteiger partial charge in [-0.05, 0) is 73.9 Å². The Morgan fingerprint density at radius 2 is 1.84 bits per heavy atom. The van der Waals surface area contributed by atoms with E-state index in [0.29, 0.717) is 29.2 Å². The molecule has 0 bridgehead atoms. The van der Waals surface area contributed by atoms with Gasteiger partial charge in [-0.25, -0.2) is 0 Å². The maximum Gasteiger partial charge on any atom is 0.300 e. The molecule has 1 aliphatic heterocycles. The van der Waals surface area contributed by atoms with Gasteiger partial charge in [-0.1, -0.05) is 18.2 Å². The molecule has 2 heterocycles. The van der Waals surface area contributed by atoms with Crippen LogP contribution in [0.2, 0.25) is 0 Å². The van der Waals surface area contributed by atoms with Crippen LogP contribution in [0.25, 0.3) is 5.76 Å². The Morgan fingerprint density at radius 3 is 2.50 bits per heavy atom. The second kappa shape index (κ2) is 8.67. The molecular weight excluding hydrogens is 404 g/mol. The molecule has 0 spiro atoms. The van der Waals surface area contributed by atoms with E-state index in [9.17, 15) is 14.7 Å². The number of hydrogen-bond acceptors (Lipinski definition) is 5. The largest absolute Gasteiger partial charge is 0.507 e. The van der Waals surface area contributed by atoms with Crippen molar-refractivity contribution in [1.82, 2.24) is 4.98 Å². The first-order valence-electron chi connectivity index (χ1n) is 10.4. The van der Waals surface area contributed by atoms with Gasteiger partial charge in [-0.3, -0.25) is 19.5 Å². The molecular formula is C26H24N2O4. The van der Waals surface area contributed by atoms with E-state index in [4.69, 9.17) is 4.74 Å². The van der Waals surface area contributed by atoms with E-state index in [1.807, 2.05) is 39.0 Å². The summed E-state index contributed by atoms with van der Waals surface area (Å²) in [6.07, 6.45) is 3.24. The molecule has 2 aromatic carbocycles. The van der Waals surface area contributed by atoms with Crippen molar-refractivity contribution in [1.29, 1.82) is 0 Å². The number of rotatable bonds is 5. The summed E-state index contributed by atoms with van der Waals surface area (Å²) in [6, 6.07) is 15.3. The molecule has 4 rings (SSSR count). The van der Waals surface area contributed by atoms with Crippen molar-refractivity contribution in [2.75, 3.05) is 11.5 Å². The molecule has 162 valence electrons. The van der Waals surface area contributed by atoms with Gasteiger partial charge >= 0.3 is 0 Å². The van der Waals surface area contributed by atoms with Crippen LogP contribution in [-0.4, -0.2) is 28.4 Å². The molecule has 3 aromatic rings. The number of amides is 1. The normalized spacial score (nSPS) is 17.6. The highest BCUT2D eigenvalue weighted by Crippen LogP contribution is 2.43. The molecule has 1 aliphatic rings. The van der Waals surface area contributed by atoms with Gasteiger partial charge in [0.1, 0.15) is 11.5 Å². The first kappa shape index (κ1) is 21.3. The Bertz CT molecular complexity index is 1200. The lowest BCUT2D eigenvalue weighted by Gasteiger charge is -2.27. The Kier molecular flexibility index (Phi) is 5.77. The van der Waals surface area contributed by atoms with Crippen LogP contribution in [0.3, 0.4) is 0 Å². The fourth-order valence-corrected chi connectivity index (χ4v) is 3.94. The smallest absolute Gasteiger partial charge is 0.300 e. The lowest BCUT2D eigenvalue weighted by Crippen LogP contribution is -2.30. The van der Waals surface area contributed by atoms with E-state index in [2.05, 4.69) is 4.98 Å². The zero-order valence-electron chi connectivity index (χ0n) is 18.2. The number of hydrogen-bond donors (Lipinski definition) is 1. The van der Waals surface area contributed by atoms with Crippen LogP contribution < -0.4 is 9.64 Å². The Balaban J connectivity index is 1.91. The molecule has 1 saturated heterocycles. The van der Waals surface area contributed by atoms with Crippen LogP contribution >= 0.6 is 0 Å². The molecule has 1 atom stereocenters. The number of benzene rings is 2. The fraction of sp³-hybridized carbons (Fsp3) is 0.192. The monoisotopic (exact) mass is 428 g/mol. The summed E-state index contributed by atoms with van der Waals surface area (Å²) in [6.45, 7) is 6.23. The van der Waals surface area contributed by atoms with Gasteiger partial charge in [-0.15, -0.1) is 0 Å². The van der Waals surface area contributed by atoms with Gasteiger partial charge in [-0.2, -0.15) is 0 Å². The minimum Gasteiger partial charge on any atom is -0.507 e. The van der Waals surface area contributed by atoms with Crippen molar-refractivity contribution < 1.29 is 19.4 Å². The number of aliphatic hydroxyl groups is 1. The predicted octanol–water partition coefficient (Wildman–Crippen LogP) is 4.72. The lowest BCUT2D eigenvalue weighted by atomic mass is 9.96. The minimum atomic E-state index is -0.796. The molecule has 32 heavy (non-hydrogen) atoms. The third-order valence-corrected chi connectivity index (χ3v) is 5.51. The number of nitrogens with zero attached hydrogens (tertiary/aromatic N) is 2. The second-order valence-corrected chi connectivity index (χ2v) is 7.70. The molecule has 6 heteroatoms. The number of carbonyl (C=O) groups is 2. The zero-order valence-corrected chi connectivity index (χ0v) is 18.2. The van der Waals surface area contributed by atoms with Crippen LogP contribution in [0.15, 0.2) is 72.6 Å². The molecule has 0 aliphatic carbocycles. The average molecular weight is 428 g/mol. The number of Topliss-reactive ketones (excluding diaryl/α,β-unsaturated/α-hetero) is 1. The average Bonchev–Trinajstić information content (AvgIpc) is 3.07. The molecule has 1 aromatic heterocycles. The summed E-state index contributed by atoms with van der Waals surface area (Å²) in [5.41, 5.74) is 3.55. The van der Waals surface area contributed by atoms with Crippen molar-refractivity contribution in [3.63, 3.8) is 0 Å². The summed E-state index contributed by atoms with van der Waals surface area (Å²) in [5, 5.41) is 11.2. The predicted molar refractivity (Wildman–Crippen MR) is 123 cm³/mol.